The normalized spacial score (nSPS) is 13.4. The number of aryl methyl sites for hydroxylation is 1. The highest BCUT2D eigenvalue weighted by Crippen LogP contribution is 2.35. The van der Waals surface area contributed by atoms with Crippen molar-refractivity contribution < 1.29 is 14.3 Å². The predicted molar refractivity (Wildman–Crippen MR) is 496 cm³/mol. The van der Waals surface area contributed by atoms with Crippen LogP contribution in [0.1, 0.15) is 65.0 Å². The SMILES string of the molecule is Cc1cc(Nc2ccc(-c3cc[nH]c(=O)c3)n3ccnc23)ccc1N1CCN(C(C)C)CC1.O=C(NC1CCC1)c1ccc(Nc2ccc(-c3cc[nH]c(=O)c3)n3ccnc23)cc1.O=C(NCCc1cccnc1)c1ccc(Nc2ccc(-c3cc[nH]c(=O)c3)n3ccnc23)cc1.O=c1cc(-c2ccc(Nc3ccc(N4CCOCC4)cc3)c3nccn23)cc[nH]1. The average molecular weight is 1680 g/mol. The Morgan fingerprint density at radius 1 is 0.437 bits per heavy atom. The highest BCUT2D eigenvalue weighted by atomic mass is 16.5. The third kappa shape index (κ3) is 19.4. The van der Waals surface area contributed by atoms with Crippen molar-refractivity contribution in [3.05, 3.63) is 351 Å². The third-order valence-corrected chi connectivity index (χ3v) is 22.6. The van der Waals surface area contributed by atoms with Gasteiger partial charge in [0.1, 0.15) is 0 Å². The number of ether oxygens (including phenoxy) is 1. The zero-order valence-corrected chi connectivity index (χ0v) is 69.7. The molecule has 0 bridgehead atoms. The van der Waals surface area contributed by atoms with Crippen LogP contribution in [0.3, 0.4) is 0 Å². The van der Waals surface area contributed by atoms with E-state index >= 15 is 0 Å². The van der Waals surface area contributed by atoms with Gasteiger partial charge in [0, 0.05) is 236 Å². The van der Waals surface area contributed by atoms with Gasteiger partial charge in [-0.15, -0.1) is 0 Å². The molecule has 634 valence electrons. The lowest BCUT2D eigenvalue weighted by atomic mass is 9.93. The summed E-state index contributed by atoms with van der Waals surface area (Å²) in [4.78, 5) is 112. The molecule has 1 saturated carbocycles. The van der Waals surface area contributed by atoms with Gasteiger partial charge in [-0.05, 0) is 227 Å². The van der Waals surface area contributed by atoms with E-state index in [1.165, 1.54) is 23.4 Å². The first-order chi connectivity index (χ1) is 61.6. The molecule has 2 amide bonds. The Kier molecular flexibility index (Phi) is 25.0. The molecule has 0 radical (unpaired) electrons. The summed E-state index contributed by atoms with van der Waals surface area (Å²) in [5.74, 6) is -0.141. The number of imidazole rings is 4. The molecular formula is C97H94N22O7. The molecule has 0 unspecified atom stereocenters. The lowest BCUT2D eigenvalue weighted by Gasteiger charge is -2.38. The Bertz CT molecular complexity index is 6930. The zero-order valence-electron chi connectivity index (χ0n) is 69.7. The Hall–Kier alpha value is -15.8. The molecule has 29 heteroatoms. The molecule has 15 heterocycles. The quantitative estimate of drug-likeness (QED) is 0.0319. The summed E-state index contributed by atoms with van der Waals surface area (Å²) >= 11 is 0. The van der Waals surface area contributed by atoms with Crippen molar-refractivity contribution in [2.75, 3.05) is 90.1 Å². The molecular weight excluding hydrogens is 1590 g/mol. The molecule has 1 aliphatic carbocycles. The molecule has 3 fully saturated rings. The van der Waals surface area contributed by atoms with Crippen molar-refractivity contribution in [1.82, 2.24) is 78.0 Å². The number of fused-ring (bicyclic) bond motifs is 4. The number of pyridine rings is 9. The highest BCUT2D eigenvalue weighted by molar-refractivity contribution is 5.96. The fourth-order valence-electron chi connectivity index (χ4n) is 15.8. The Balaban J connectivity index is 0.000000119. The van der Waals surface area contributed by atoms with Gasteiger partial charge >= 0.3 is 0 Å². The minimum Gasteiger partial charge on any atom is -0.378 e. The van der Waals surface area contributed by atoms with Crippen molar-refractivity contribution in [3.63, 3.8) is 0 Å². The van der Waals surface area contributed by atoms with E-state index in [9.17, 15) is 28.8 Å². The lowest BCUT2D eigenvalue weighted by molar-refractivity contribution is 0.0915. The summed E-state index contributed by atoms with van der Waals surface area (Å²) in [5.41, 5.74) is 22.7. The molecule has 13 aromatic heterocycles. The van der Waals surface area contributed by atoms with Gasteiger partial charge in [0.05, 0.1) is 58.7 Å². The molecule has 3 aliphatic rings. The second-order valence-electron chi connectivity index (χ2n) is 31.2. The molecule has 126 heavy (non-hydrogen) atoms. The molecule has 0 atom stereocenters. The molecule has 4 aromatic carbocycles. The third-order valence-electron chi connectivity index (χ3n) is 22.6. The predicted octanol–water partition coefficient (Wildman–Crippen LogP) is 15.1. The number of hydrogen-bond acceptors (Lipinski definition) is 19. The fraction of sp³-hybridized carbons (Fsp3) is 0.186. The summed E-state index contributed by atoms with van der Waals surface area (Å²) in [6.07, 6.45) is 28.7. The van der Waals surface area contributed by atoms with Gasteiger partial charge in [-0.25, -0.2) is 19.9 Å². The van der Waals surface area contributed by atoms with Gasteiger partial charge in [-0.3, -0.25) is 56.3 Å². The van der Waals surface area contributed by atoms with E-state index in [0.29, 0.717) is 29.8 Å². The Morgan fingerprint density at radius 2 is 0.841 bits per heavy atom. The van der Waals surface area contributed by atoms with Crippen LogP contribution in [0, 0.1) is 6.92 Å². The number of nitrogens with zero attached hydrogens (tertiary/aromatic N) is 12. The highest BCUT2D eigenvalue weighted by Gasteiger charge is 2.24. The maximum absolute atomic E-state index is 12.5. The van der Waals surface area contributed by atoms with Crippen LogP contribution < -0.4 is 63.9 Å². The number of morpholine rings is 1. The van der Waals surface area contributed by atoms with Gasteiger partial charge in [0.2, 0.25) is 22.2 Å². The number of carbonyl (C=O) groups excluding carboxylic acids is 2. The maximum atomic E-state index is 12.5. The molecule has 0 spiro atoms. The monoisotopic (exact) mass is 1680 g/mol. The van der Waals surface area contributed by atoms with E-state index in [1.807, 2.05) is 164 Å². The molecule has 2 aliphatic heterocycles. The van der Waals surface area contributed by atoms with Gasteiger partial charge < -0.3 is 66.4 Å². The molecule has 20 rings (SSSR count). The van der Waals surface area contributed by atoms with Crippen molar-refractivity contribution in [1.29, 1.82) is 0 Å². The zero-order chi connectivity index (χ0) is 86.4. The van der Waals surface area contributed by atoms with Crippen LogP contribution in [0.25, 0.3) is 67.6 Å². The number of piperazine rings is 1. The van der Waals surface area contributed by atoms with Crippen LogP contribution in [0.15, 0.2) is 306 Å². The summed E-state index contributed by atoms with van der Waals surface area (Å²) in [6.45, 7) is 15.0. The van der Waals surface area contributed by atoms with E-state index in [1.54, 1.807) is 98.4 Å². The van der Waals surface area contributed by atoms with E-state index in [-0.39, 0.29) is 34.1 Å². The first-order valence-electron chi connectivity index (χ1n) is 42.0. The van der Waals surface area contributed by atoms with Crippen LogP contribution in [0.2, 0.25) is 0 Å². The van der Waals surface area contributed by atoms with E-state index in [4.69, 9.17) is 4.74 Å². The van der Waals surface area contributed by atoms with Crippen LogP contribution >= 0.6 is 0 Å². The second-order valence-corrected chi connectivity index (χ2v) is 31.2. The maximum Gasteiger partial charge on any atom is 0.251 e. The number of carbonyl (C=O) groups is 2. The van der Waals surface area contributed by atoms with Crippen LogP contribution in [-0.2, 0) is 11.2 Å². The fourth-order valence-corrected chi connectivity index (χ4v) is 15.8. The number of rotatable bonds is 21. The topological polar surface area (TPSA) is 339 Å². The number of nitrogens with one attached hydrogen (secondary N) is 10. The largest absolute Gasteiger partial charge is 0.378 e. The number of aromatic nitrogens is 13. The summed E-state index contributed by atoms with van der Waals surface area (Å²) in [5, 5.41) is 19.7. The Morgan fingerprint density at radius 3 is 1.22 bits per heavy atom. The van der Waals surface area contributed by atoms with E-state index in [2.05, 4.69) is 155 Å². The van der Waals surface area contributed by atoms with Crippen molar-refractivity contribution in [2.24, 2.45) is 0 Å². The minimum absolute atomic E-state index is 0.0240. The first kappa shape index (κ1) is 82.6. The van der Waals surface area contributed by atoms with Crippen LogP contribution in [0.4, 0.5) is 56.9 Å². The smallest absolute Gasteiger partial charge is 0.251 e. The van der Waals surface area contributed by atoms with Gasteiger partial charge in [-0.1, -0.05) is 6.07 Å². The lowest BCUT2D eigenvalue weighted by Crippen LogP contribution is -2.49. The first-order valence-corrected chi connectivity index (χ1v) is 42.0. The minimum atomic E-state index is -0.158. The van der Waals surface area contributed by atoms with Crippen LogP contribution in [-0.4, -0.2) is 150 Å². The van der Waals surface area contributed by atoms with E-state index < -0.39 is 0 Å². The van der Waals surface area contributed by atoms with Crippen molar-refractivity contribution in [2.45, 2.75) is 58.5 Å². The number of anilines is 10. The Labute approximate surface area is 724 Å². The summed E-state index contributed by atoms with van der Waals surface area (Å²) in [6, 6.07) is 64.1. The molecule has 17 aromatic rings. The average Bonchev–Trinajstić information content (AvgIpc) is 1.59. The number of H-pyrrole nitrogens is 4. The van der Waals surface area contributed by atoms with Gasteiger partial charge in [-0.2, -0.15) is 0 Å². The van der Waals surface area contributed by atoms with Crippen molar-refractivity contribution in [3.8, 4) is 45.0 Å². The van der Waals surface area contributed by atoms with Gasteiger partial charge in [0.25, 0.3) is 11.8 Å². The number of benzene rings is 4. The summed E-state index contributed by atoms with van der Waals surface area (Å²) in [7, 11) is 0. The van der Waals surface area contributed by atoms with Gasteiger partial charge in [0.15, 0.2) is 22.6 Å². The summed E-state index contributed by atoms with van der Waals surface area (Å²) < 4.78 is 13.3. The molecule has 29 nitrogen and oxygen atoms in total. The molecule has 2 saturated heterocycles. The standard InChI is InChI=1S/C26H22N6O2.C26H30N6O.C23H21N5O2.C22H21N5O2/c33-24-16-20(10-13-28-24)23-8-7-22(25-29-14-15-32(23)25)31-21-5-3-19(4-6-21)26(34)30-12-9-18-2-1-11-27-17-18;1-18(2)30-12-14-31(15-13-30)23-6-4-21(16-19(23)3)29-22-5-7-24(32-11-10-28-26(22)32)20-8-9-27-25(33)17-20;29-21-14-16(10-11-24-21)20-9-8-19(22-25-12-13-28(20)22)26-18-6-4-15(5-7-18)23(30)27-17-2-1-3-17;28-21-15-16(7-8-23-21)20-6-5-19(22-24-9-10-27(20)22)25-17-1-3-18(4-2-17)26-11-13-29-14-12-26/h1-8,10-11,13-17,31H,9,12H2,(H,28,33)(H,30,34);4-11,16-18,29H,12-15H2,1-3H3,(H,27,33);4-14,17,26H,1-3H2,(H,24,29)(H,27,30);1-10,15,25H,11-14H2,(H,23,28). The molecule has 10 N–H and O–H groups in total. The van der Waals surface area contributed by atoms with Crippen molar-refractivity contribution >= 4 is 91.3 Å². The second kappa shape index (κ2) is 38.1. The number of amides is 2. The van der Waals surface area contributed by atoms with Crippen LogP contribution in [0.5, 0.6) is 0 Å². The van der Waals surface area contributed by atoms with E-state index in [0.717, 1.165) is 190 Å². The number of aromatic amines is 4. The number of hydrogen-bond donors (Lipinski definition) is 10.